The predicted molar refractivity (Wildman–Crippen MR) is 78.1 cm³/mol. The van der Waals surface area contributed by atoms with Gasteiger partial charge in [0.25, 0.3) is 0 Å². The summed E-state index contributed by atoms with van der Waals surface area (Å²) < 4.78 is 13.0. The van der Waals surface area contributed by atoms with Gasteiger partial charge in [-0.15, -0.1) is 0 Å². The average Bonchev–Trinajstić information content (AvgIpc) is 2.41. The minimum absolute atomic E-state index is 0.0000849. The number of hydrogen-bond acceptors (Lipinski definition) is 2. The molecule has 1 fully saturated rings. The van der Waals surface area contributed by atoms with Gasteiger partial charge < -0.3 is 5.32 Å². The van der Waals surface area contributed by atoms with Crippen LogP contribution >= 0.6 is 11.6 Å². The number of nitrogens with zero attached hydrogens (tertiary/aromatic N) is 1. The van der Waals surface area contributed by atoms with E-state index in [1.165, 1.54) is 12.1 Å². The minimum atomic E-state index is -0.468. The molecular formula is C15H20ClFN2O. The molecule has 1 saturated heterocycles. The lowest BCUT2D eigenvalue weighted by Gasteiger charge is -2.41. The molecule has 2 rings (SSSR count). The average molecular weight is 299 g/mol. The Balaban J connectivity index is 2.01. The monoisotopic (exact) mass is 298 g/mol. The zero-order valence-corrected chi connectivity index (χ0v) is 12.6. The van der Waals surface area contributed by atoms with Crippen LogP contribution in [0.15, 0.2) is 18.2 Å². The van der Waals surface area contributed by atoms with Gasteiger partial charge in [-0.25, -0.2) is 4.39 Å². The molecule has 0 spiro atoms. The normalized spacial score (nSPS) is 23.6. The summed E-state index contributed by atoms with van der Waals surface area (Å²) in [4.78, 5) is 14.5. The minimum Gasteiger partial charge on any atom is -0.350 e. The van der Waals surface area contributed by atoms with E-state index < -0.39 is 5.54 Å². The van der Waals surface area contributed by atoms with Crippen molar-refractivity contribution in [3.63, 3.8) is 0 Å². The second-order valence-electron chi connectivity index (χ2n) is 5.57. The van der Waals surface area contributed by atoms with Gasteiger partial charge in [-0.2, -0.15) is 0 Å². The number of benzene rings is 1. The molecule has 20 heavy (non-hydrogen) atoms. The number of halogens is 2. The molecule has 1 aromatic rings. The van der Waals surface area contributed by atoms with Crippen LogP contribution in [0.4, 0.5) is 4.39 Å². The Morgan fingerprint density at radius 3 is 2.90 bits per heavy atom. The Morgan fingerprint density at radius 1 is 1.50 bits per heavy atom. The lowest BCUT2D eigenvalue weighted by atomic mass is 9.88. The number of piperidine rings is 1. The summed E-state index contributed by atoms with van der Waals surface area (Å²) in [5.74, 6) is -0.371. The van der Waals surface area contributed by atoms with E-state index in [1.54, 1.807) is 6.07 Å². The molecule has 1 aromatic carbocycles. The number of nitrogens with one attached hydrogen (secondary N) is 1. The summed E-state index contributed by atoms with van der Waals surface area (Å²) >= 11 is 5.96. The first-order valence-electron chi connectivity index (χ1n) is 6.87. The zero-order valence-electron chi connectivity index (χ0n) is 11.9. The Bertz CT molecular complexity index is 509. The molecule has 5 heteroatoms. The van der Waals surface area contributed by atoms with Crippen molar-refractivity contribution in [1.29, 1.82) is 0 Å². The van der Waals surface area contributed by atoms with E-state index in [-0.39, 0.29) is 11.7 Å². The highest BCUT2D eigenvalue weighted by Crippen LogP contribution is 2.26. The second kappa shape index (κ2) is 6.10. The van der Waals surface area contributed by atoms with Crippen LogP contribution in [-0.2, 0) is 11.3 Å². The van der Waals surface area contributed by atoms with Crippen LogP contribution in [0.3, 0.4) is 0 Å². The van der Waals surface area contributed by atoms with Crippen molar-refractivity contribution in [3.8, 4) is 0 Å². The highest BCUT2D eigenvalue weighted by atomic mass is 35.5. The molecule has 1 amide bonds. The van der Waals surface area contributed by atoms with E-state index >= 15 is 0 Å². The van der Waals surface area contributed by atoms with Crippen LogP contribution in [0.5, 0.6) is 0 Å². The summed E-state index contributed by atoms with van der Waals surface area (Å²) in [6.45, 7) is 3.22. The fourth-order valence-corrected chi connectivity index (χ4v) is 2.81. The summed E-state index contributed by atoms with van der Waals surface area (Å²) in [7, 11) is 1.98. The van der Waals surface area contributed by atoms with Crippen molar-refractivity contribution in [2.75, 3.05) is 13.6 Å². The van der Waals surface area contributed by atoms with Gasteiger partial charge >= 0.3 is 0 Å². The van der Waals surface area contributed by atoms with Crippen molar-refractivity contribution < 1.29 is 9.18 Å². The van der Waals surface area contributed by atoms with Gasteiger partial charge in [-0.1, -0.05) is 17.7 Å². The number of hydrogen-bond donors (Lipinski definition) is 1. The molecule has 1 unspecified atom stereocenters. The van der Waals surface area contributed by atoms with Gasteiger partial charge in [-0.05, 0) is 57.5 Å². The lowest BCUT2D eigenvalue weighted by molar-refractivity contribution is -0.133. The third kappa shape index (κ3) is 3.13. The molecule has 0 aromatic heterocycles. The molecule has 0 saturated carbocycles. The Morgan fingerprint density at radius 2 is 2.25 bits per heavy atom. The second-order valence-corrected chi connectivity index (χ2v) is 5.98. The molecule has 0 radical (unpaired) electrons. The first-order valence-corrected chi connectivity index (χ1v) is 7.25. The van der Waals surface area contributed by atoms with Crippen molar-refractivity contribution in [2.24, 2.45) is 0 Å². The van der Waals surface area contributed by atoms with Gasteiger partial charge in [-0.3, -0.25) is 9.69 Å². The Labute approximate surface area is 124 Å². The summed E-state index contributed by atoms with van der Waals surface area (Å²) in [5.41, 5.74) is 0.258. The molecule has 110 valence electrons. The topological polar surface area (TPSA) is 32.3 Å². The molecule has 0 aliphatic carbocycles. The van der Waals surface area contributed by atoms with Gasteiger partial charge in [0.1, 0.15) is 5.82 Å². The number of likely N-dealkylation sites (N-methyl/N-ethyl adjacent to an activating group) is 1. The van der Waals surface area contributed by atoms with Crippen LogP contribution in [0.25, 0.3) is 0 Å². The van der Waals surface area contributed by atoms with E-state index in [0.717, 1.165) is 31.4 Å². The van der Waals surface area contributed by atoms with Crippen LogP contribution in [0.1, 0.15) is 31.7 Å². The van der Waals surface area contributed by atoms with E-state index in [1.807, 2.05) is 14.0 Å². The maximum atomic E-state index is 13.0. The molecule has 1 N–H and O–H groups in total. The molecule has 1 atom stereocenters. The first-order chi connectivity index (χ1) is 9.43. The molecular weight excluding hydrogens is 279 g/mol. The Hall–Kier alpha value is -1.13. The van der Waals surface area contributed by atoms with E-state index in [0.29, 0.717) is 11.6 Å². The van der Waals surface area contributed by atoms with Crippen molar-refractivity contribution in [3.05, 3.63) is 34.6 Å². The summed E-state index contributed by atoms with van der Waals surface area (Å²) in [6, 6.07) is 4.21. The summed E-state index contributed by atoms with van der Waals surface area (Å²) in [5, 5.41) is 3.25. The third-order valence-corrected chi connectivity index (χ3v) is 4.55. The highest BCUT2D eigenvalue weighted by Gasteiger charge is 2.38. The van der Waals surface area contributed by atoms with Crippen LogP contribution < -0.4 is 5.32 Å². The van der Waals surface area contributed by atoms with Gasteiger partial charge in [0, 0.05) is 11.6 Å². The largest absolute Gasteiger partial charge is 0.350 e. The highest BCUT2D eigenvalue weighted by molar-refractivity contribution is 6.31. The number of rotatable bonds is 3. The van der Waals surface area contributed by atoms with Gasteiger partial charge in [0.05, 0.1) is 5.54 Å². The van der Waals surface area contributed by atoms with Gasteiger partial charge in [0.15, 0.2) is 0 Å². The smallest absolute Gasteiger partial charge is 0.240 e. The van der Waals surface area contributed by atoms with Crippen LogP contribution in [-0.4, -0.2) is 29.9 Å². The standard InChI is InChI=1S/C15H20ClFN2O/c1-15(7-3-4-8-19(15)2)14(20)18-10-11-5-6-12(17)9-13(11)16/h5-6,9H,3-4,7-8,10H2,1-2H3,(H,18,20). The molecule has 0 bridgehead atoms. The SMILES string of the molecule is CN1CCCCC1(C)C(=O)NCc1ccc(F)cc1Cl. The number of likely N-dealkylation sites (tertiary alicyclic amines) is 1. The number of amides is 1. The fraction of sp³-hybridized carbons (Fsp3) is 0.533. The van der Waals surface area contributed by atoms with E-state index in [9.17, 15) is 9.18 Å². The van der Waals surface area contributed by atoms with Crippen LogP contribution in [0.2, 0.25) is 5.02 Å². The molecule has 1 aliphatic heterocycles. The van der Waals surface area contributed by atoms with Crippen molar-refractivity contribution >= 4 is 17.5 Å². The maximum Gasteiger partial charge on any atom is 0.240 e. The van der Waals surface area contributed by atoms with Gasteiger partial charge in [0.2, 0.25) is 5.91 Å². The fourth-order valence-electron chi connectivity index (χ4n) is 2.57. The third-order valence-electron chi connectivity index (χ3n) is 4.19. The van der Waals surface area contributed by atoms with Crippen molar-refractivity contribution in [1.82, 2.24) is 10.2 Å². The number of carbonyl (C=O) groups is 1. The quantitative estimate of drug-likeness (QED) is 0.930. The summed E-state index contributed by atoms with van der Waals surface area (Å²) in [6.07, 6.45) is 3.04. The predicted octanol–water partition coefficient (Wildman–Crippen LogP) is 2.97. The lowest BCUT2D eigenvalue weighted by Crippen LogP contribution is -2.57. The van der Waals surface area contributed by atoms with Crippen LogP contribution in [0, 0.1) is 5.82 Å². The van der Waals surface area contributed by atoms with E-state index in [4.69, 9.17) is 11.6 Å². The Kier molecular flexibility index (Phi) is 4.66. The zero-order chi connectivity index (χ0) is 14.8. The van der Waals surface area contributed by atoms with Crippen molar-refractivity contribution in [2.45, 2.75) is 38.3 Å². The molecule has 1 heterocycles. The first kappa shape index (κ1) is 15.3. The number of carbonyl (C=O) groups excluding carboxylic acids is 1. The van der Waals surface area contributed by atoms with E-state index in [2.05, 4.69) is 10.2 Å². The maximum absolute atomic E-state index is 13.0. The molecule has 1 aliphatic rings. The molecule has 3 nitrogen and oxygen atoms in total.